The van der Waals surface area contributed by atoms with Gasteiger partial charge in [0, 0.05) is 43.3 Å². The van der Waals surface area contributed by atoms with Gasteiger partial charge in [-0.3, -0.25) is 10.1 Å². The van der Waals surface area contributed by atoms with Crippen LogP contribution in [0.5, 0.6) is 0 Å². The van der Waals surface area contributed by atoms with E-state index in [1.165, 1.54) is 6.92 Å². The van der Waals surface area contributed by atoms with Crippen LogP contribution in [0.25, 0.3) is 10.9 Å². The first-order valence-electron chi connectivity index (χ1n) is 6.29. The molecule has 0 aliphatic heterocycles. The van der Waals surface area contributed by atoms with Gasteiger partial charge >= 0.3 is 6.09 Å². The summed E-state index contributed by atoms with van der Waals surface area (Å²) in [6.07, 6.45) is 1.62. The fourth-order valence-corrected chi connectivity index (χ4v) is 2.25. The molecule has 0 atom stereocenters. The van der Waals surface area contributed by atoms with Crippen LogP contribution in [0.15, 0.2) is 24.4 Å². The number of carbonyl (C=O) groups is 2. The SMILES string of the molecule is CC(=O)NCCc1cn(C)c2ccc(NC(=O)O)cc12. The second-order valence-electron chi connectivity index (χ2n) is 4.66. The molecule has 0 fully saturated rings. The van der Waals surface area contributed by atoms with E-state index < -0.39 is 6.09 Å². The molecule has 0 bridgehead atoms. The Hall–Kier alpha value is -2.50. The maximum Gasteiger partial charge on any atom is 0.409 e. The Kier molecular flexibility index (Phi) is 3.93. The molecule has 0 spiro atoms. The number of nitrogens with zero attached hydrogens (tertiary/aromatic N) is 1. The van der Waals surface area contributed by atoms with E-state index in [2.05, 4.69) is 10.6 Å². The van der Waals surface area contributed by atoms with Gasteiger partial charge in [0.25, 0.3) is 0 Å². The van der Waals surface area contributed by atoms with Gasteiger partial charge in [-0.1, -0.05) is 0 Å². The predicted octanol–water partition coefficient (Wildman–Crippen LogP) is 1.95. The molecule has 0 aliphatic rings. The number of carbonyl (C=O) groups excluding carboxylic acids is 1. The van der Waals surface area contributed by atoms with Crippen molar-refractivity contribution in [3.8, 4) is 0 Å². The quantitative estimate of drug-likeness (QED) is 0.797. The molecule has 1 aromatic carbocycles. The number of rotatable bonds is 4. The molecule has 106 valence electrons. The number of anilines is 1. The fraction of sp³-hybridized carbons (Fsp3) is 0.286. The number of hydrogen-bond acceptors (Lipinski definition) is 2. The molecular weight excluding hydrogens is 258 g/mol. The zero-order valence-corrected chi connectivity index (χ0v) is 11.4. The van der Waals surface area contributed by atoms with Crippen LogP contribution in [0.1, 0.15) is 12.5 Å². The first kappa shape index (κ1) is 13.9. The van der Waals surface area contributed by atoms with Crippen molar-refractivity contribution >= 4 is 28.6 Å². The largest absolute Gasteiger partial charge is 0.465 e. The zero-order valence-electron chi connectivity index (χ0n) is 11.4. The highest BCUT2D eigenvalue weighted by atomic mass is 16.4. The average molecular weight is 275 g/mol. The summed E-state index contributed by atoms with van der Waals surface area (Å²) in [4.78, 5) is 21.6. The van der Waals surface area contributed by atoms with Gasteiger partial charge in [-0.2, -0.15) is 0 Å². The summed E-state index contributed by atoms with van der Waals surface area (Å²) in [6, 6.07) is 5.42. The lowest BCUT2D eigenvalue weighted by Gasteiger charge is -2.04. The van der Waals surface area contributed by atoms with E-state index in [4.69, 9.17) is 5.11 Å². The van der Waals surface area contributed by atoms with Crippen LogP contribution in [-0.4, -0.2) is 28.2 Å². The Morgan fingerprint density at radius 3 is 2.75 bits per heavy atom. The maximum absolute atomic E-state index is 10.9. The third-order valence-electron chi connectivity index (χ3n) is 3.09. The lowest BCUT2D eigenvalue weighted by molar-refractivity contribution is -0.118. The molecule has 0 unspecified atom stereocenters. The van der Waals surface area contributed by atoms with Crippen LogP contribution in [0, 0.1) is 0 Å². The van der Waals surface area contributed by atoms with Gasteiger partial charge in [0.15, 0.2) is 0 Å². The Labute approximate surface area is 116 Å². The molecule has 6 heteroatoms. The molecule has 2 rings (SSSR count). The van der Waals surface area contributed by atoms with Crippen LogP contribution in [0.2, 0.25) is 0 Å². The maximum atomic E-state index is 10.9. The minimum Gasteiger partial charge on any atom is -0.465 e. The van der Waals surface area contributed by atoms with E-state index in [1.807, 2.05) is 29.9 Å². The number of benzene rings is 1. The van der Waals surface area contributed by atoms with E-state index in [9.17, 15) is 9.59 Å². The number of nitrogens with one attached hydrogen (secondary N) is 2. The van der Waals surface area contributed by atoms with Crippen LogP contribution < -0.4 is 10.6 Å². The highest BCUT2D eigenvalue weighted by molar-refractivity contribution is 5.91. The Balaban J connectivity index is 2.28. The van der Waals surface area contributed by atoms with E-state index in [-0.39, 0.29) is 5.91 Å². The van der Waals surface area contributed by atoms with E-state index in [0.717, 1.165) is 16.5 Å². The molecule has 0 radical (unpaired) electrons. The lowest BCUT2D eigenvalue weighted by Crippen LogP contribution is -2.22. The summed E-state index contributed by atoms with van der Waals surface area (Å²) in [7, 11) is 1.94. The number of aromatic nitrogens is 1. The number of carboxylic acid groups (broad SMARTS) is 1. The van der Waals surface area contributed by atoms with E-state index in [1.54, 1.807) is 6.07 Å². The van der Waals surface area contributed by atoms with Crippen molar-refractivity contribution in [2.45, 2.75) is 13.3 Å². The summed E-state index contributed by atoms with van der Waals surface area (Å²) in [5.41, 5.74) is 2.64. The van der Waals surface area contributed by atoms with Gasteiger partial charge in [-0.25, -0.2) is 4.79 Å². The second kappa shape index (κ2) is 5.64. The molecular formula is C14H17N3O3. The number of aryl methyl sites for hydroxylation is 1. The van der Waals surface area contributed by atoms with Crippen molar-refractivity contribution in [2.75, 3.05) is 11.9 Å². The molecule has 0 aliphatic carbocycles. The number of fused-ring (bicyclic) bond motifs is 1. The Bertz CT molecular complexity index is 661. The molecule has 0 saturated heterocycles. The molecule has 2 aromatic rings. The van der Waals surface area contributed by atoms with Gasteiger partial charge in [0.05, 0.1) is 0 Å². The summed E-state index contributed by atoms with van der Waals surface area (Å²) >= 11 is 0. The fourth-order valence-electron chi connectivity index (χ4n) is 2.25. The Morgan fingerprint density at radius 2 is 2.10 bits per heavy atom. The van der Waals surface area contributed by atoms with Crippen LogP contribution in [0.4, 0.5) is 10.5 Å². The third kappa shape index (κ3) is 3.09. The number of amides is 2. The highest BCUT2D eigenvalue weighted by Gasteiger charge is 2.08. The van der Waals surface area contributed by atoms with Crippen LogP contribution in [0.3, 0.4) is 0 Å². The van der Waals surface area contributed by atoms with Crippen LogP contribution >= 0.6 is 0 Å². The van der Waals surface area contributed by atoms with Crippen molar-refractivity contribution in [3.63, 3.8) is 0 Å². The summed E-state index contributed by atoms with van der Waals surface area (Å²) in [5.74, 6) is -0.0570. The number of hydrogen-bond donors (Lipinski definition) is 3. The Morgan fingerprint density at radius 1 is 1.35 bits per heavy atom. The van der Waals surface area contributed by atoms with Crippen molar-refractivity contribution in [2.24, 2.45) is 7.05 Å². The van der Waals surface area contributed by atoms with E-state index in [0.29, 0.717) is 18.7 Å². The minimum absolute atomic E-state index is 0.0570. The van der Waals surface area contributed by atoms with Crippen molar-refractivity contribution in [1.29, 1.82) is 0 Å². The molecule has 20 heavy (non-hydrogen) atoms. The van der Waals surface area contributed by atoms with Gasteiger partial charge in [-0.15, -0.1) is 0 Å². The van der Waals surface area contributed by atoms with Crippen molar-refractivity contribution in [3.05, 3.63) is 30.0 Å². The predicted molar refractivity (Wildman–Crippen MR) is 77.0 cm³/mol. The van der Waals surface area contributed by atoms with E-state index >= 15 is 0 Å². The monoisotopic (exact) mass is 275 g/mol. The summed E-state index contributed by atoms with van der Waals surface area (Å²) < 4.78 is 1.99. The molecule has 0 saturated carbocycles. The minimum atomic E-state index is -1.08. The first-order valence-corrected chi connectivity index (χ1v) is 6.29. The smallest absolute Gasteiger partial charge is 0.409 e. The van der Waals surface area contributed by atoms with Gasteiger partial charge < -0.3 is 15.0 Å². The molecule has 6 nitrogen and oxygen atoms in total. The topological polar surface area (TPSA) is 83.4 Å². The summed E-state index contributed by atoms with van der Waals surface area (Å²) in [6.45, 7) is 2.04. The van der Waals surface area contributed by atoms with Gasteiger partial charge in [0.2, 0.25) is 5.91 Å². The lowest BCUT2D eigenvalue weighted by atomic mass is 10.1. The molecule has 3 N–H and O–H groups in total. The zero-order chi connectivity index (χ0) is 14.7. The van der Waals surface area contributed by atoms with Gasteiger partial charge in [-0.05, 0) is 30.2 Å². The van der Waals surface area contributed by atoms with Gasteiger partial charge in [0.1, 0.15) is 0 Å². The normalized spacial score (nSPS) is 10.5. The molecule has 2 amide bonds. The van der Waals surface area contributed by atoms with Crippen molar-refractivity contribution in [1.82, 2.24) is 9.88 Å². The first-order chi connectivity index (χ1) is 9.47. The van der Waals surface area contributed by atoms with Crippen LogP contribution in [-0.2, 0) is 18.3 Å². The standard InChI is InChI=1S/C14H17N3O3/c1-9(18)15-6-5-10-8-17(2)13-4-3-11(7-12(10)13)16-14(19)20/h3-4,7-8,16H,5-6H2,1-2H3,(H,15,18)(H,19,20). The highest BCUT2D eigenvalue weighted by Crippen LogP contribution is 2.24. The second-order valence-corrected chi connectivity index (χ2v) is 4.66. The molecule has 1 aromatic heterocycles. The molecule has 1 heterocycles. The summed E-state index contributed by atoms with van der Waals surface area (Å²) in [5, 5.41) is 14.8. The third-order valence-corrected chi connectivity index (χ3v) is 3.09. The van der Waals surface area contributed by atoms with Crippen molar-refractivity contribution < 1.29 is 14.7 Å². The average Bonchev–Trinajstić information content (AvgIpc) is 2.65.